The summed E-state index contributed by atoms with van der Waals surface area (Å²) in [4.78, 5) is 14.2. The first-order valence-electron chi connectivity index (χ1n) is 7.81. The zero-order valence-corrected chi connectivity index (χ0v) is 15.5. The number of halogens is 1. The van der Waals surface area contributed by atoms with E-state index in [0.717, 1.165) is 19.4 Å². The molecule has 3 rings (SSSR count). The van der Waals surface area contributed by atoms with Crippen LogP contribution in [0.5, 0.6) is 0 Å². The van der Waals surface area contributed by atoms with Gasteiger partial charge in [-0.1, -0.05) is 0 Å². The van der Waals surface area contributed by atoms with Gasteiger partial charge < -0.3 is 15.0 Å². The summed E-state index contributed by atoms with van der Waals surface area (Å²) < 4.78 is 33.1. The van der Waals surface area contributed by atoms with Crippen molar-refractivity contribution in [3.63, 3.8) is 0 Å². The van der Waals surface area contributed by atoms with E-state index in [1.807, 2.05) is 0 Å². The van der Waals surface area contributed by atoms with Crippen molar-refractivity contribution in [2.75, 3.05) is 26.8 Å². The maximum absolute atomic E-state index is 12.6. The van der Waals surface area contributed by atoms with Gasteiger partial charge >= 0.3 is 0 Å². The highest BCUT2D eigenvalue weighted by molar-refractivity contribution is 7.89. The Morgan fingerprint density at radius 3 is 2.76 bits per heavy atom. The number of aromatic amines is 1. The summed E-state index contributed by atoms with van der Waals surface area (Å²) in [5.74, 6) is 0. The minimum absolute atomic E-state index is 0. The summed E-state index contributed by atoms with van der Waals surface area (Å²) >= 11 is 0. The number of pyridine rings is 1. The molecule has 1 atom stereocenters. The van der Waals surface area contributed by atoms with Crippen LogP contribution >= 0.6 is 12.4 Å². The molecule has 3 N–H and O–H groups in total. The molecule has 1 aromatic heterocycles. The minimum atomic E-state index is -3.64. The van der Waals surface area contributed by atoms with Crippen molar-refractivity contribution in [1.29, 1.82) is 0 Å². The highest BCUT2D eigenvalue weighted by Gasteiger charge is 2.34. The number of H-pyrrole nitrogens is 1. The topological polar surface area (TPSA) is 100 Å². The zero-order valence-electron chi connectivity index (χ0n) is 13.9. The van der Waals surface area contributed by atoms with Crippen LogP contribution in [-0.2, 0) is 14.8 Å². The summed E-state index contributed by atoms with van der Waals surface area (Å²) in [6.45, 7) is 1.58. The van der Waals surface area contributed by atoms with E-state index in [4.69, 9.17) is 4.74 Å². The van der Waals surface area contributed by atoms with Crippen molar-refractivity contribution in [2.45, 2.75) is 23.3 Å². The third kappa shape index (κ3) is 4.39. The van der Waals surface area contributed by atoms with Crippen LogP contribution in [0.4, 0.5) is 0 Å². The molecular weight excluding hydrogens is 366 g/mol. The lowest BCUT2D eigenvalue weighted by molar-refractivity contribution is 0.122. The second-order valence-electron chi connectivity index (χ2n) is 6.14. The molecule has 0 saturated carbocycles. The number of fused-ring (bicyclic) bond motifs is 1. The maximum Gasteiger partial charge on any atom is 0.248 e. The fourth-order valence-corrected chi connectivity index (χ4v) is 4.25. The van der Waals surface area contributed by atoms with Crippen LogP contribution < -0.4 is 15.6 Å². The molecule has 25 heavy (non-hydrogen) atoms. The monoisotopic (exact) mass is 387 g/mol. The summed E-state index contributed by atoms with van der Waals surface area (Å²) in [5.41, 5.74) is 0.0315. The number of benzene rings is 1. The van der Waals surface area contributed by atoms with E-state index in [-0.39, 0.29) is 34.9 Å². The molecule has 2 aromatic rings. The Morgan fingerprint density at radius 2 is 2.08 bits per heavy atom. The Labute approximate surface area is 152 Å². The van der Waals surface area contributed by atoms with Crippen molar-refractivity contribution < 1.29 is 13.2 Å². The molecule has 0 radical (unpaired) electrons. The van der Waals surface area contributed by atoms with Gasteiger partial charge in [-0.25, -0.2) is 13.1 Å². The van der Waals surface area contributed by atoms with E-state index in [2.05, 4.69) is 15.0 Å². The third-order valence-corrected chi connectivity index (χ3v) is 5.76. The number of hydrogen-bond acceptors (Lipinski definition) is 5. The van der Waals surface area contributed by atoms with Crippen LogP contribution in [0.1, 0.15) is 12.8 Å². The number of sulfonamides is 1. The van der Waals surface area contributed by atoms with Gasteiger partial charge in [-0.2, -0.15) is 0 Å². The van der Waals surface area contributed by atoms with Crippen molar-refractivity contribution in [2.24, 2.45) is 0 Å². The van der Waals surface area contributed by atoms with Gasteiger partial charge in [0.15, 0.2) is 0 Å². The number of aromatic nitrogens is 1. The summed E-state index contributed by atoms with van der Waals surface area (Å²) in [6, 6.07) is 7.63. The predicted molar refractivity (Wildman–Crippen MR) is 98.8 cm³/mol. The van der Waals surface area contributed by atoms with Gasteiger partial charge in [0.25, 0.3) is 0 Å². The van der Waals surface area contributed by atoms with E-state index < -0.39 is 10.0 Å². The molecule has 0 spiro atoms. The Balaban J connectivity index is 0.00000225. The second-order valence-corrected chi connectivity index (χ2v) is 7.91. The standard InChI is InChI=1S/C16H21N3O4S.ClH/c1-23-11-16(7-2-8-17-16)10-18-24(21,22)13-4-5-14-12(9-13)3-6-15(20)19-14;/h3-6,9,17-18H,2,7-8,10-11H2,1H3,(H,19,20);1H. The van der Waals surface area contributed by atoms with E-state index in [1.54, 1.807) is 25.3 Å². The first-order chi connectivity index (χ1) is 11.4. The van der Waals surface area contributed by atoms with Crippen molar-refractivity contribution in [1.82, 2.24) is 15.0 Å². The highest BCUT2D eigenvalue weighted by Crippen LogP contribution is 2.21. The van der Waals surface area contributed by atoms with Gasteiger partial charge in [0.1, 0.15) is 0 Å². The van der Waals surface area contributed by atoms with E-state index in [0.29, 0.717) is 17.5 Å². The quantitative estimate of drug-likeness (QED) is 0.686. The van der Waals surface area contributed by atoms with Crippen LogP contribution in [0.15, 0.2) is 40.0 Å². The molecule has 0 aliphatic carbocycles. The summed E-state index contributed by atoms with van der Waals surface area (Å²) in [7, 11) is -2.03. The highest BCUT2D eigenvalue weighted by atomic mass is 35.5. The molecule has 0 amide bonds. The molecule has 2 heterocycles. The molecule has 1 aliphatic rings. The number of methoxy groups -OCH3 is 1. The van der Waals surface area contributed by atoms with E-state index >= 15 is 0 Å². The second kappa shape index (κ2) is 7.84. The molecule has 1 aromatic carbocycles. The van der Waals surface area contributed by atoms with Crippen molar-refractivity contribution >= 4 is 33.3 Å². The zero-order chi connectivity index (χ0) is 17.2. The van der Waals surface area contributed by atoms with Crippen LogP contribution in [0.3, 0.4) is 0 Å². The van der Waals surface area contributed by atoms with Gasteiger partial charge in [-0.15, -0.1) is 12.4 Å². The predicted octanol–water partition coefficient (Wildman–Crippen LogP) is 0.997. The SMILES string of the molecule is COCC1(CNS(=O)(=O)c2ccc3[nH]c(=O)ccc3c2)CCCN1.Cl. The van der Waals surface area contributed by atoms with Crippen molar-refractivity contribution in [3.8, 4) is 0 Å². The Morgan fingerprint density at radius 1 is 1.28 bits per heavy atom. The minimum Gasteiger partial charge on any atom is -0.383 e. The average Bonchev–Trinajstić information content (AvgIpc) is 3.02. The molecule has 1 aliphatic heterocycles. The van der Waals surface area contributed by atoms with Crippen LogP contribution in [0, 0.1) is 0 Å². The van der Waals surface area contributed by atoms with Gasteiger partial charge in [-0.3, -0.25) is 4.79 Å². The fraction of sp³-hybridized carbons (Fsp3) is 0.438. The molecule has 9 heteroatoms. The molecular formula is C16H22ClN3O4S. The average molecular weight is 388 g/mol. The van der Waals surface area contributed by atoms with Gasteiger partial charge in [0.2, 0.25) is 15.6 Å². The molecule has 0 bridgehead atoms. The molecule has 1 saturated heterocycles. The number of rotatable bonds is 6. The lowest BCUT2D eigenvalue weighted by atomic mass is 9.99. The fourth-order valence-electron chi connectivity index (χ4n) is 3.09. The number of ether oxygens (including phenoxy) is 1. The first-order valence-corrected chi connectivity index (χ1v) is 9.29. The van der Waals surface area contributed by atoms with Crippen LogP contribution in [0.25, 0.3) is 10.9 Å². The van der Waals surface area contributed by atoms with Gasteiger partial charge in [0.05, 0.1) is 17.0 Å². The molecule has 1 fully saturated rings. The molecule has 138 valence electrons. The van der Waals surface area contributed by atoms with Gasteiger partial charge in [-0.05, 0) is 49.0 Å². The lowest BCUT2D eigenvalue weighted by Gasteiger charge is -2.28. The number of hydrogen-bond donors (Lipinski definition) is 3. The Bertz CT molecular complexity index is 892. The summed E-state index contributed by atoms with van der Waals surface area (Å²) in [6.07, 6.45) is 1.86. The van der Waals surface area contributed by atoms with E-state index in [1.165, 1.54) is 12.1 Å². The van der Waals surface area contributed by atoms with Crippen LogP contribution in [0.2, 0.25) is 0 Å². The largest absolute Gasteiger partial charge is 0.383 e. The normalized spacial score (nSPS) is 20.5. The lowest BCUT2D eigenvalue weighted by Crippen LogP contribution is -2.52. The van der Waals surface area contributed by atoms with Crippen molar-refractivity contribution in [3.05, 3.63) is 40.7 Å². The number of nitrogens with one attached hydrogen (secondary N) is 3. The Hall–Kier alpha value is -1.45. The van der Waals surface area contributed by atoms with Crippen LogP contribution in [-0.4, -0.2) is 45.7 Å². The Kier molecular flexibility index (Phi) is 6.23. The summed E-state index contributed by atoms with van der Waals surface area (Å²) in [5, 5.41) is 4.01. The van der Waals surface area contributed by atoms with Gasteiger partial charge in [0, 0.05) is 25.2 Å². The smallest absolute Gasteiger partial charge is 0.248 e. The van der Waals surface area contributed by atoms with E-state index in [9.17, 15) is 13.2 Å². The third-order valence-electron chi connectivity index (χ3n) is 4.36. The maximum atomic E-state index is 12.6. The molecule has 1 unspecified atom stereocenters. The molecule has 7 nitrogen and oxygen atoms in total. The first kappa shape index (κ1) is 19.9.